The van der Waals surface area contributed by atoms with Crippen molar-refractivity contribution in [2.75, 3.05) is 5.32 Å². The van der Waals surface area contributed by atoms with Crippen molar-refractivity contribution < 1.29 is 9.72 Å². The van der Waals surface area contributed by atoms with Gasteiger partial charge in [-0.05, 0) is 42.9 Å². The number of hydrogen-bond acceptors (Lipinski definition) is 4. The van der Waals surface area contributed by atoms with E-state index >= 15 is 0 Å². The number of nitrogens with zero attached hydrogens (tertiary/aromatic N) is 1. The van der Waals surface area contributed by atoms with E-state index in [1.54, 1.807) is 31.2 Å². The number of halogens is 1. The summed E-state index contributed by atoms with van der Waals surface area (Å²) in [6, 6.07) is 12.4. The van der Waals surface area contributed by atoms with E-state index in [0.717, 1.165) is 5.56 Å². The normalized spacial score (nSPS) is 16.4. The van der Waals surface area contributed by atoms with Crippen molar-refractivity contribution in [3.05, 3.63) is 80.5 Å². The molecule has 0 aromatic heterocycles. The first-order valence-corrected chi connectivity index (χ1v) is 8.73. The third-order valence-electron chi connectivity index (χ3n) is 4.01. The number of non-ortho nitro benzene ring substituents is 1. The molecule has 7 nitrogen and oxygen atoms in total. The number of benzene rings is 2. The van der Waals surface area contributed by atoms with Crippen molar-refractivity contribution in [2.45, 2.75) is 13.0 Å². The van der Waals surface area contributed by atoms with Gasteiger partial charge in [0.1, 0.15) is 0 Å². The average Bonchev–Trinajstić information content (AvgIpc) is 2.61. The number of carbonyl (C=O) groups excluding carboxylic acids is 1. The van der Waals surface area contributed by atoms with Crippen LogP contribution in [0.1, 0.15) is 18.5 Å². The standard InChI is InChI=1S/C18H15ClN4O3S/c1-10-15(17(24)21-13-6-3-7-14(9-13)23(25)26)16(22-18(27)20-10)11-4-2-5-12(19)8-11/h2-9,16H,1H3,(H,21,24)(H2,20,22,27). The molecule has 0 saturated heterocycles. The first kappa shape index (κ1) is 18.8. The van der Waals surface area contributed by atoms with Crippen molar-refractivity contribution in [2.24, 2.45) is 0 Å². The number of allylic oxidation sites excluding steroid dienone is 1. The minimum atomic E-state index is -0.517. The molecule has 9 heteroatoms. The second kappa shape index (κ2) is 7.73. The first-order valence-electron chi connectivity index (χ1n) is 7.94. The molecule has 2 aromatic rings. The maximum absolute atomic E-state index is 12.9. The van der Waals surface area contributed by atoms with Crippen LogP contribution in [-0.4, -0.2) is 15.9 Å². The summed E-state index contributed by atoms with van der Waals surface area (Å²) in [5.74, 6) is -0.402. The van der Waals surface area contributed by atoms with Crippen LogP contribution >= 0.6 is 23.8 Å². The molecule has 3 rings (SSSR count). The topological polar surface area (TPSA) is 96.3 Å². The number of anilines is 1. The molecule has 138 valence electrons. The number of hydrogen-bond donors (Lipinski definition) is 3. The summed E-state index contributed by atoms with van der Waals surface area (Å²) in [6.07, 6.45) is 0. The molecule has 1 heterocycles. The fraction of sp³-hybridized carbons (Fsp3) is 0.111. The Morgan fingerprint density at radius 3 is 2.70 bits per heavy atom. The van der Waals surface area contributed by atoms with Gasteiger partial charge in [-0.2, -0.15) is 0 Å². The van der Waals surface area contributed by atoms with Crippen LogP contribution in [0, 0.1) is 10.1 Å². The van der Waals surface area contributed by atoms with Gasteiger partial charge in [-0.15, -0.1) is 0 Å². The highest BCUT2D eigenvalue weighted by Crippen LogP contribution is 2.29. The van der Waals surface area contributed by atoms with Crippen LogP contribution in [0.5, 0.6) is 0 Å². The summed E-state index contributed by atoms with van der Waals surface area (Å²) in [5.41, 5.74) is 2.00. The Kier molecular flexibility index (Phi) is 5.38. The van der Waals surface area contributed by atoms with Crippen LogP contribution in [0.4, 0.5) is 11.4 Å². The predicted octanol–water partition coefficient (Wildman–Crippen LogP) is 3.68. The molecular formula is C18H15ClN4O3S. The average molecular weight is 403 g/mol. The maximum atomic E-state index is 12.9. The van der Waals surface area contributed by atoms with Gasteiger partial charge in [-0.1, -0.05) is 29.8 Å². The fourth-order valence-electron chi connectivity index (χ4n) is 2.83. The second-order valence-electron chi connectivity index (χ2n) is 5.89. The second-order valence-corrected chi connectivity index (χ2v) is 6.73. The zero-order chi connectivity index (χ0) is 19.6. The minimum absolute atomic E-state index is 0.106. The predicted molar refractivity (Wildman–Crippen MR) is 107 cm³/mol. The number of nitro groups is 1. The van der Waals surface area contributed by atoms with E-state index in [2.05, 4.69) is 16.0 Å². The first-order chi connectivity index (χ1) is 12.8. The molecular weight excluding hydrogens is 388 g/mol. The smallest absolute Gasteiger partial charge is 0.271 e. The molecule has 0 fully saturated rings. The van der Waals surface area contributed by atoms with E-state index in [0.29, 0.717) is 27.1 Å². The highest BCUT2D eigenvalue weighted by atomic mass is 35.5. The van der Waals surface area contributed by atoms with Crippen molar-refractivity contribution >= 4 is 46.2 Å². The number of amides is 1. The van der Waals surface area contributed by atoms with Gasteiger partial charge in [0, 0.05) is 28.5 Å². The van der Waals surface area contributed by atoms with Gasteiger partial charge in [-0.3, -0.25) is 14.9 Å². The van der Waals surface area contributed by atoms with Gasteiger partial charge < -0.3 is 16.0 Å². The van der Waals surface area contributed by atoms with Gasteiger partial charge in [0.25, 0.3) is 11.6 Å². The molecule has 27 heavy (non-hydrogen) atoms. The van der Waals surface area contributed by atoms with Gasteiger partial charge in [0.15, 0.2) is 5.11 Å². The minimum Gasteiger partial charge on any atom is -0.351 e. The molecule has 1 unspecified atom stereocenters. The summed E-state index contributed by atoms with van der Waals surface area (Å²) in [5, 5.41) is 20.6. The van der Waals surface area contributed by atoms with E-state index in [1.165, 1.54) is 18.2 Å². The van der Waals surface area contributed by atoms with E-state index in [-0.39, 0.29) is 5.69 Å². The van der Waals surface area contributed by atoms with Crippen LogP contribution in [0.3, 0.4) is 0 Å². The van der Waals surface area contributed by atoms with Gasteiger partial charge in [0.2, 0.25) is 0 Å². The lowest BCUT2D eigenvalue weighted by molar-refractivity contribution is -0.384. The molecule has 0 saturated carbocycles. The summed E-state index contributed by atoms with van der Waals surface area (Å²) in [7, 11) is 0. The van der Waals surface area contributed by atoms with Gasteiger partial charge in [0.05, 0.1) is 16.5 Å². The summed E-state index contributed by atoms with van der Waals surface area (Å²) in [6.45, 7) is 1.74. The lowest BCUT2D eigenvalue weighted by Crippen LogP contribution is -2.45. The van der Waals surface area contributed by atoms with Crippen LogP contribution < -0.4 is 16.0 Å². The number of nitro benzene ring substituents is 1. The summed E-state index contributed by atoms with van der Waals surface area (Å²) in [4.78, 5) is 23.4. The Hall–Kier alpha value is -2.97. The Labute approximate surface area is 165 Å². The number of rotatable bonds is 4. The molecule has 0 radical (unpaired) electrons. The molecule has 0 aliphatic carbocycles. The highest BCUT2D eigenvalue weighted by Gasteiger charge is 2.30. The molecule has 0 bridgehead atoms. The molecule has 1 aliphatic rings. The number of nitrogens with one attached hydrogen (secondary N) is 3. The zero-order valence-corrected chi connectivity index (χ0v) is 15.7. The van der Waals surface area contributed by atoms with Crippen molar-refractivity contribution in [1.82, 2.24) is 10.6 Å². The van der Waals surface area contributed by atoms with Crippen LogP contribution in [0.25, 0.3) is 0 Å². The van der Waals surface area contributed by atoms with E-state index < -0.39 is 16.9 Å². The Balaban J connectivity index is 1.94. The Morgan fingerprint density at radius 2 is 2.00 bits per heavy atom. The highest BCUT2D eigenvalue weighted by molar-refractivity contribution is 7.80. The Morgan fingerprint density at radius 1 is 1.26 bits per heavy atom. The Bertz CT molecular complexity index is 977. The molecule has 0 spiro atoms. The molecule has 1 aliphatic heterocycles. The monoisotopic (exact) mass is 402 g/mol. The lowest BCUT2D eigenvalue weighted by Gasteiger charge is -2.30. The van der Waals surface area contributed by atoms with Crippen LogP contribution in [0.2, 0.25) is 5.02 Å². The van der Waals surface area contributed by atoms with E-state index in [4.69, 9.17) is 23.8 Å². The van der Waals surface area contributed by atoms with Crippen LogP contribution in [0.15, 0.2) is 59.8 Å². The van der Waals surface area contributed by atoms with Crippen molar-refractivity contribution in [1.29, 1.82) is 0 Å². The maximum Gasteiger partial charge on any atom is 0.271 e. The van der Waals surface area contributed by atoms with Gasteiger partial charge >= 0.3 is 0 Å². The third kappa shape index (κ3) is 4.24. The van der Waals surface area contributed by atoms with Crippen molar-refractivity contribution in [3.8, 4) is 0 Å². The molecule has 3 N–H and O–H groups in total. The number of carbonyl (C=O) groups is 1. The summed E-state index contributed by atoms with van der Waals surface area (Å²) < 4.78 is 0. The SMILES string of the molecule is CC1=C(C(=O)Nc2cccc([N+](=O)[O-])c2)C(c2cccc(Cl)c2)NC(=S)N1. The largest absolute Gasteiger partial charge is 0.351 e. The third-order valence-corrected chi connectivity index (χ3v) is 4.47. The number of thiocarbonyl (C=S) groups is 1. The van der Waals surface area contributed by atoms with E-state index in [9.17, 15) is 14.9 Å². The molecule has 1 atom stereocenters. The fourth-order valence-corrected chi connectivity index (χ4v) is 3.30. The summed E-state index contributed by atoms with van der Waals surface area (Å²) >= 11 is 11.3. The molecule has 1 amide bonds. The van der Waals surface area contributed by atoms with Gasteiger partial charge in [-0.25, -0.2) is 0 Å². The van der Waals surface area contributed by atoms with E-state index in [1.807, 2.05) is 6.07 Å². The molecule has 2 aromatic carbocycles. The lowest BCUT2D eigenvalue weighted by atomic mass is 9.95. The quantitative estimate of drug-likeness (QED) is 0.410. The van der Waals surface area contributed by atoms with Crippen molar-refractivity contribution in [3.63, 3.8) is 0 Å². The zero-order valence-electron chi connectivity index (χ0n) is 14.2. The van der Waals surface area contributed by atoms with Crippen LogP contribution in [-0.2, 0) is 4.79 Å².